The van der Waals surface area contributed by atoms with Gasteiger partial charge in [0.2, 0.25) is 5.75 Å². The van der Waals surface area contributed by atoms with Gasteiger partial charge in [0.1, 0.15) is 5.75 Å². The summed E-state index contributed by atoms with van der Waals surface area (Å²) in [5.41, 5.74) is 3.07. The maximum absolute atomic E-state index is 5.61. The SMILES string of the molecule is CCOc1ccc(N=c2scc(-c3cc(OC)c(OC)c(OC)c3)n2C2CCCCC2)cc1. The molecule has 6 nitrogen and oxygen atoms in total. The van der Waals surface area contributed by atoms with Crippen LogP contribution < -0.4 is 23.7 Å². The van der Waals surface area contributed by atoms with Crippen LogP contribution in [-0.4, -0.2) is 32.5 Å². The van der Waals surface area contributed by atoms with Gasteiger partial charge in [-0.2, -0.15) is 0 Å². The van der Waals surface area contributed by atoms with Crippen LogP contribution in [0.4, 0.5) is 5.69 Å². The van der Waals surface area contributed by atoms with Crippen molar-refractivity contribution < 1.29 is 18.9 Å². The molecule has 7 heteroatoms. The molecule has 1 saturated carbocycles. The summed E-state index contributed by atoms with van der Waals surface area (Å²) < 4.78 is 24.7. The highest BCUT2D eigenvalue weighted by atomic mass is 32.1. The van der Waals surface area contributed by atoms with Gasteiger partial charge in [-0.3, -0.25) is 0 Å². The van der Waals surface area contributed by atoms with Crippen molar-refractivity contribution in [2.45, 2.75) is 45.1 Å². The molecule has 4 rings (SSSR count). The van der Waals surface area contributed by atoms with Crippen molar-refractivity contribution in [1.29, 1.82) is 0 Å². The number of hydrogen-bond donors (Lipinski definition) is 0. The second-order valence-corrected chi connectivity index (χ2v) is 8.85. The molecular weight excluding hydrogens is 436 g/mol. The summed E-state index contributed by atoms with van der Waals surface area (Å²) in [4.78, 5) is 6.02. The van der Waals surface area contributed by atoms with E-state index in [1.165, 1.54) is 19.3 Å². The van der Waals surface area contributed by atoms with E-state index in [0.717, 1.165) is 40.3 Å². The Morgan fingerprint density at radius 2 is 1.61 bits per heavy atom. The van der Waals surface area contributed by atoms with Crippen LogP contribution in [0.25, 0.3) is 11.3 Å². The highest BCUT2D eigenvalue weighted by Crippen LogP contribution is 2.42. The molecule has 1 heterocycles. The smallest absolute Gasteiger partial charge is 0.203 e. The fraction of sp³-hybridized carbons (Fsp3) is 0.423. The van der Waals surface area contributed by atoms with Gasteiger partial charge in [0.15, 0.2) is 16.3 Å². The summed E-state index contributed by atoms with van der Waals surface area (Å²) in [6, 6.07) is 12.4. The second-order valence-electron chi connectivity index (χ2n) is 8.02. The minimum Gasteiger partial charge on any atom is -0.494 e. The van der Waals surface area contributed by atoms with E-state index in [-0.39, 0.29) is 0 Å². The molecule has 176 valence electrons. The van der Waals surface area contributed by atoms with Crippen LogP contribution in [-0.2, 0) is 0 Å². The summed E-state index contributed by atoms with van der Waals surface area (Å²) in [6.07, 6.45) is 6.09. The molecule has 0 spiro atoms. The third-order valence-electron chi connectivity index (χ3n) is 6.01. The van der Waals surface area contributed by atoms with E-state index in [0.29, 0.717) is 29.9 Å². The van der Waals surface area contributed by atoms with Crippen molar-refractivity contribution in [2.24, 2.45) is 4.99 Å². The predicted molar refractivity (Wildman–Crippen MR) is 132 cm³/mol. The Balaban J connectivity index is 1.84. The van der Waals surface area contributed by atoms with Gasteiger partial charge >= 0.3 is 0 Å². The van der Waals surface area contributed by atoms with Crippen LogP contribution in [0.15, 0.2) is 46.8 Å². The number of thiazole rings is 1. The number of ether oxygens (including phenoxy) is 4. The molecule has 0 radical (unpaired) electrons. The van der Waals surface area contributed by atoms with Crippen LogP contribution in [0.1, 0.15) is 45.1 Å². The van der Waals surface area contributed by atoms with E-state index >= 15 is 0 Å². The first-order valence-electron chi connectivity index (χ1n) is 11.5. The van der Waals surface area contributed by atoms with E-state index in [4.69, 9.17) is 23.9 Å². The van der Waals surface area contributed by atoms with Gasteiger partial charge in [-0.1, -0.05) is 19.3 Å². The van der Waals surface area contributed by atoms with Crippen LogP contribution in [0, 0.1) is 0 Å². The highest BCUT2D eigenvalue weighted by molar-refractivity contribution is 7.07. The van der Waals surface area contributed by atoms with Crippen LogP contribution in [0.2, 0.25) is 0 Å². The summed E-state index contributed by atoms with van der Waals surface area (Å²) in [7, 11) is 4.92. The molecule has 33 heavy (non-hydrogen) atoms. The van der Waals surface area contributed by atoms with Crippen molar-refractivity contribution in [3.05, 3.63) is 46.6 Å². The fourth-order valence-electron chi connectivity index (χ4n) is 4.43. The Labute approximate surface area is 199 Å². The highest BCUT2D eigenvalue weighted by Gasteiger charge is 2.22. The topological polar surface area (TPSA) is 54.2 Å². The van der Waals surface area contributed by atoms with E-state index in [9.17, 15) is 0 Å². The van der Waals surface area contributed by atoms with Gasteiger partial charge in [-0.15, -0.1) is 11.3 Å². The van der Waals surface area contributed by atoms with Gasteiger partial charge < -0.3 is 23.5 Å². The Hall–Kier alpha value is -2.93. The molecule has 0 bridgehead atoms. The average Bonchev–Trinajstić information content (AvgIpc) is 3.28. The van der Waals surface area contributed by atoms with Gasteiger partial charge in [-0.05, 0) is 56.2 Å². The molecule has 0 unspecified atom stereocenters. The normalized spacial score (nSPS) is 14.8. The van der Waals surface area contributed by atoms with Gasteiger partial charge in [0.05, 0.1) is 39.3 Å². The average molecular weight is 469 g/mol. The fourth-order valence-corrected chi connectivity index (χ4v) is 5.41. The first-order chi connectivity index (χ1) is 16.2. The monoisotopic (exact) mass is 468 g/mol. The maximum Gasteiger partial charge on any atom is 0.203 e. The summed E-state index contributed by atoms with van der Waals surface area (Å²) >= 11 is 1.66. The molecule has 0 amide bonds. The van der Waals surface area contributed by atoms with E-state index in [1.807, 2.05) is 43.3 Å². The molecule has 0 aliphatic heterocycles. The number of nitrogens with zero attached hydrogens (tertiary/aromatic N) is 2. The molecule has 1 aliphatic carbocycles. The molecule has 1 aromatic heterocycles. The Bertz CT molecular complexity index is 1100. The lowest BCUT2D eigenvalue weighted by Gasteiger charge is -2.25. The van der Waals surface area contributed by atoms with Crippen LogP contribution in [0.3, 0.4) is 0 Å². The maximum atomic E-state index is 5.61. The number of rotatable bonds is 8. The van der Waals surface area contributed by atoms with Crippen LogP contribution in [0.5, 0.6) is 23.0 Å². The lowest BCUT2D eigenvalue weighted by Crippen LogP contribution is -2.23. The van der Waals surface area contributed by atoms with Crippen molar-refractivity contribution in [2.75, 3.05) is 27.9 Å². The third-order valence-corrected chi connectivity index (χ3v) is 6.85. The quantitative estimate of drug-likeness (QED) is 0.385. The second kappa shape index (κ2) is 10.8. The van der Waals surface area contributed by atoms with Crippen molar-refractivity contribution >= 4 is 17.0 Å². The largest absolute Gasteiger partial charge is 0.494 e. The van der Waals surface area contributed by atoms with Crippen molar-refractivity contribution in [3.8, 4) is 34.3 Å². The molecule has 2 aromatic carbocycles. The van der Waals surface area contributed by atoms with Gasteiger partial charge in [-0.25, -0.2) is 4.99 Å². The summed E-state index contributed by atoms with van der Waals surface area (Å²) in [5, 5.41) is 2.18. The van der Waals surface area contributed by atoms with E-state index in [2.05, 4.69) is 9.95 Å². The van der Waals surface area contributed by atoms with Gasteiger partial charge in [0.25, 0.3) is 0 Å². The summed E-state index contributed by atoms with van der Waals surface area (Å²) in [6.45, 7) is 2.64. The lowest BCUT2D eigenvalue weighted by atomic mass is 9.95. The van der Waals surface area contributed by atoms with Crippen molar-refractivity contribution in [1.82, 2.24) is 4.57 Å². The number of benzene rings is 2. The zero-order valence-electron chi connectivity index (χ0n) is 19.8. The molecule has 0 N–H and O–H groups in total. The number of aromatic nitrogens is 1. The molecule has 3 aromatic rings. The lowest BCUT2D eigenvalue weighted by molar-refractivity contribution is 0.324. The first-order valence-corrected chi connectivity index (χ1v) is 12.3. The van der Waals surface area contributed by atoms with Gasteiger partial charge in [0, 0.05) is 17.0 Å². The Morgan fingerprint density at radius 1 is 0.939 bits per heavy atom. The molecule has 0 saturated heterocycles. The summed E-state index contributed by atoms with van der Waals surface area (Å²) in [5.74, 6) is 2.76. The first kappa shape index (κ1) is 23.2. The van der Waals surface area contributed by atoms with E-state index in [1.54, 1.807) is 32.7 Å². The molecular formula is C26H32N2O4S. The third kappa shape index (κ3) is 5.03. The molecule has 0 atom stereocenters. The Kier molecular flexibility index (Phi) is 7.60. The number of methoxy groups -OCH3 is 3. The standard InChI is InChI=1S/C26H32N2O4S/c1-5-32-21-13-11-19(12-14-21)27-26-28(20-9-7-6-8-10-20)22(17-33-26)18-15-23(29-2)25(31-4)24(16-18)30-3/h11-17,20H,5-10H2,1-4H3. The zero-order chi connectivity index (χ0) is 23.2. The minimum atomic E-state index is 0.417. The van der Waals surface area contributed by atoms with Crippen LogP contribution >= 0.6 is 11.3 Å². The molecule has 1 fully saturated rings. The van der Waals surface area contributed by atoms with Crippen molar-refractivity contribution in [3.63, 3.8) is 0 Å². The molecule has 1 aliphatic rings. The predicted octanol–water partition coefficient (Wildman–Crippen LogP) is 6.38. The van der Waals surface area contributed by atoms with E-state index < -0.39 is 0 Å². The zero-order valence-corrected chi connectivity index (χ0v) is 20.6. The number of hydrogen-bond acceptors (Lipinski definition) is 6. The Morgan fingerprint density at radius 3 is 2.18 bits per heavy atom. The minimum absolute atomic E-state index is 0.417.